The summed E-state index contributed by atoms with van der Waals surface area (Å²) in [6, 6.07) is 29.3. The molecule has 0 saturated carbocycles. The summed E-state index contributed by atoms with van der Waals surface area (Å²) >= 11 is 0. The largest absolute Gasteiger partial charge is 0.497 e. The van der Waals surface area contributed by atoms with Gasteiger partial charge in [0.05, 0.1) is 46.0 Å². The normalized spacial score (nSPS) is 17.7. The van der Waals surface area contributed by atoms with Gasteiger partial charge in [-0.15, -0.1) is 0 Å². The zero-order valence-corrected chi connectivity index (χ0v) is 33.3. The average molecular weight is 772 g/mol. The first-order valence-corrected chi connectivity index (χ1v) is 19.4. The minimum absolute atomic E-state index is 0.0327. The van der Waals surface area contributed by atoms with Crippen LogP contribution < -0.4 is 20.5 Å². The highest BCUT2D eigenvalue weighted by atomic mass is 31.2. The van der Waals surface area contributed by atoms with Crippen LogP contribution in [0.3, 0.4) is 0 Å². The van der Waals surface area contributed by atoms with E-state index in [-0.39, 0.29) is 49.9 Å². The van der Waals surface area contributed by atoms with Crippen molar-refractivity contribution in [2.45, 2.75) is 83.6 Å². The molecule has 55 heavy (non-hydrogen) atoms. The molecule has 5 rings (SSSR count). The number of methoxy groups -OCH3 is 2. The molecule has 13 nitrogen and oxygen atoms in total. The van der Waals surface area contributed by atoms with E-state index in [0.29, 0.717) is 11.5 Å². The van der Waals surface area contributed by atoms with E-state index in [9.17, 15) is 14.9 Å². The number of ether oxygens (including phenoxy) is 4. The number of carbonyl (C=O) groups is 1. The summed E-state index contributed by atoms with van der Waals surface area (Å²) in [7, 11) is 1.57. The highest BCUT2D eigenvalue weighted by Crippen LogP contribution is 2.50. The lowest BCUT2D eigenvalue weighted by Crippen LogP contribution is -2.39. The number of anilines is 1. The summed E-state index contributed by atoms with van der Waals surface area (Å²) in [6.07, 6.45) is -0.0653. The lowest BCUT2D eigenvalue weighted by molar-refractivity contribution is -0.114. The minimum Gasteiger partial charge on any atom is -0.497 e. The van der Waals surface area contributed by atoms with Crippen LogP contribution in [0.5, 0.6) is 11.5 Å². The van der Waals surface area contributed by atoms with E-state index in [1.54, 1.807) is 26.5 Å². The second kappa shape index (κ2) is 19.3. The van der Waals surface area contributed by atoms with E-state index >= 15 is 0 Å². The first-order chi connectivity index (χ1) is 26.5. The number of hydrogen-bond donors (Lipinski definition) is 1. The van der Waals surface area contributed by atoms with Gasteiger partial charge < -0.3 is 33.3 Å². The second-order valence-electron chi connectivity index (χ2n) is 13.6. The number of nitriles is 1. The van der Waals surface area contributed by atoms with E-state index in [1.165, 1.54) is 11.5 Å². The Morgan fingerprint density at radius 2 is 1.55 bits per heavy atom. The third kappa shape index (κ3) is 9.96. The van der Waals surface area contributed by atoms with Crippen molar-refractivity contribution in [3.05, 3.63) is 118 Å². The quantitative estimate of drug-likeness (QED) is 0.0624. The van der Waals surface area contributed by atoms with Gasteiger partial charge in [0.2, 0.25) is 5.91 Å². The zero-order chi connectivity index (χ0) is 39.5. The number of nitrogens with zero attached hydrogens (tertiary/aromatic N) is 4. The van der Waals surface area contributed by atoms with Crippen molar-refractivity contribution in [3.8, 4) is 17.6 Å². The smallest absolute Gasteiger partial charge is 0.351 e. The van der Waals surface area contributed by atoms with Gasteiger partial charge in [-0.05, 0) is 74.7 Å². The van der Waals surface area contributed by atoms with Crippen molar-refractivity contribution < 1.29 is 32.8 Å². The molecule has 0 bridgehead atoms. The molecule has 3 aromatic carbocycles. The van der Waals surface area contributed by atoms with Crippen molar-refractivity contribution in [2.24, 2.45) is 0 Å². The number of nitrogens with one attached hydrogen (secondary N) is 1. The molecule has 0 aliphatic carbocycles. The lowest BCUT2D eigenvalue weighted by atomic mass is 9.80. The van der Waals surface area contributed by atoms with Gasteiger partial charge in [-0.3, -0.25) is 9.36 Å². The van der Waals surface area contributed by atoms with Gasteiger partial charge in [0.1, 0.15) is 35.2 Å². The van der Waals surface area contributed by atoms with Crippen molar-refractivity contribution in [3.63, 3.8) is 0 Å². The number of hydrogen-bond acceptors (Lipinski definition) is 11. The van der Waals surface area contributed by atoms with Crippen molar-refractivity contribution in [1.82, 2.24) is 14.2 Å². The van der Waals surface area contributed by atoms with Crippen molar-refractivity contribution >= 4 is 20.3 Å². The van der Waals surface area contributed by atoms with Crippen molar-refractivity contribution in [2.75, 3.05) is 32.8 Å². The molecule has 2 heterocycles. The van der Waals surface area contributed by atoms with Crippen LogP contribution in [-0.2, 0) is 28.9 Å². The van der Waals surface area contributed by atoms with Crippen molar-refractivity contribution in [1.29, 1.82) is 5.26 Å². The van der Waals surface area contributed by atoms with E-state index in [2.05, 4.69) is 48.7 Å². The molecule has 1 amide bonds. The van der Waals surface area contributed by atoms with E-state index < -0.39 is 38.3 Å². The molecule has 1 aromatic heterocycles. The van der Waals surface area contributed by atoms with Gasteiger partial charge >= 0.3 is 5.69 Å². The highest BCUT2D eigenvalue weighted by molar-refractivity contribution is 7.44. The molecule has 1 saturated heterocycles. The summed E-state index contributed by atoms with van der Waals surface area (Å²) in [6.45, 7) is 9.85. The Morgan fingerprint density at radius 1 is 0.964 bits per heavy atom. The maximum atomic E-state index is 13.4. The number of amides is 1. The maximum Gasteiger partial charge on any atom is 0.351 e. The first kappa shape index (κ1) is 41.5. The van der Waals surface area contributed by atoms with Gasteiger partial charge in [0, 0.05) is 31.6 Å². The lowest BCUT2D eigenvalue weighted by Gasteiger charge is -2.39. The third-order valence-electron chi connectivity index (χ3n) is 9.15. The van der Waals surface area contributed by atoms with Crippen LogP contribution >= 0.6 is 8.53 Å². The summed E-state index contributed by atoms with van der Waals surface area (Å²) < 4.78 is 41.7. The Hall–Kier alpha value is -4.67. The fourth-order valence-electron chi connectivity index (χ4n) is 6.71. The Bertz CT molecular complexity index is 1880. The standard InChI is InChI=1S/C41H50N5O8P/c1-28(2)46(29(3)4)55(52-25-11-23-42)54-36-26-39(45-24-22-38(43-30(5)47)44-40(45)48)53-37(36)27-51-41(31-12-9-8-10-13-31,32-14-18-34(49-6)19-15-32)33-16-20-35(50-7)21-17-33/h8-10,12-22,24,28-29,36-37,39H,11,25-27H2,1-7H3,(H,43,44,47,48)/t36-,37+,39+,55+/m0/s1. The monoisotopic (exact) mass is 771 g/mol. The predicted octanol–water partition coefficient (Wildman–Crippen LogP) is 7.18. The molecule has 292 valence electrons. The maximum absolute atomic E-state index is 13.4. The van der Waals surface area contributed by atoms with Gasteiger partial charge in [0.15, 0.2) is 0 Å². The molecular weight excluding hydrogens is 721 g/mol. The molecule has 1 aliphatic rings. The summed E-state index contributed by atoms with van der Waals surface area (Å²) in [5.74, 6) is 1.20. The number of aromatic nitrogens is 2. The van der Waals surface area contributed by atoms with Gasteiger partial charge in [0.25, 0.3) is 8.53 Å². The highest BCUT2D eigenvalue weighted by Gasteiger charge is 2.45. The fraction of sp³-hybridized carbons (Fsp3) is 0.415. The summed E-state index contributed by atoms with van der Waals surface area (Å²) in [5.41, 5.74) is 0.835. The van der Waals surface area contributed by atoms with Gasteiger partial charge in [-0.1, -0.05) is 54.6 Å². The average Bonchev–Trinajstić information content (AvgIpc) is 3.57. The van der Waals surface area contributed by atoms with Crippen LogP contribution in [0.2, 0.25) is 0 Å². The molecule has 4 atom stereocenters. The third-order valence-corrected chi connectivity index (χ3v) is 11.3. The number of carbonyl (C=O) groups excluding carboxylic acids is 1. The van der Waals surface area contributed by atoms with Crippen LogP contribution in [0.15, 0.2) is 95.9 Å². The van der Waals surface area contributed by atoms with Crippen LogP contribution in [0, 0.1) is 11.3 Å². The molecule has 0 radical (unpaired) electrons. The summed E-state index contributed by atoms with van der Waals surface area (Å²) in [5, 5.41) is 11.9. The molecule has 14 heteroatoms. The fourth-order valence-corrected chi connectivity index (χ4v) is 8.46. The van der Waals surface area contributed by atoms with Crippen LogP contribution in [0.1, 0.15) is 70.4 Å². The molecule has 1 aliphatic heterocycles. The Morgan fingerprint density at radius 3 is 2.05 bits per heavy atom. The SMILES string of the molecule is COc1ccc(C(OC[C@H]2O[C@@H](n3ccc(NC(C)=O)nc3=O)C[C@@H]2O[P@@](OCCC#N)N(C(C)C)C(C)C)(c2ccccc2)c2ccc(OC)cc2)cc1. The van der Waals surface area contributed by atoms with E-state index in [1.807, 2.05) is 78.9 Å². The van der Waals surface area contributed by atoms with Gasteiger partial charge in [-0.2, -0.15) is 10.2 Å². The van der Waals surface area contributed by atoms with Crippen LogP contribution in [-0.4, -0.2) is 71.9 Å². The minimum atomic E-state index is -1.68. The molecule has 1 N–H and O–H groups in total. The second-order valence-corrected chi connectivity index (χ2v) is 15.0. The van der Waals surface area contributed by atoms with Gasteiger partial charge in [-0.25, -0.2) is 9.46 Å². The van der Waals surface area contributed by atoms with E-state index in [0.717, 1.165) is 16.7 Å². The van der Waals surface area contributed by atoms with Crippen LogP contribution in [0.4, 0.5) is 5.82 Å². The molecule has 0 spiro atoms. The first-order valence-electron chi connectivity index (χ1n) is 18.3. The summed E-state index contributed by atoms with van der Waals surface area (Å²) in [4.78, 5) is 29.1. The Kier molecular flexibility index (Phi) is 14.5. The topological polar surface area (TPSA) is 146 Å². The Labute approximate surface area is 324 Å². The van der Waals surface area contributed by atoms with E-state index in [4.69, 9.17) is 28.0 Å². The molecule has 0 unspecified atom stereocenters. The molecule has 1 fully saturated rings. The number of rotatable bonds is 18. The molecular formula is C41H50N5O8P. The molecule has 4 aromatic rings. The number of benzene rings is 3. The Balaban J connectivity index is 1.59. The zero-order valence-electron chi connectivity index (χ0n) is 32.4. The van der Waals surface area contributed by atoms with Crippen LogP contribution in [0.25, 0.3) is 0 Å². The predicted molar refractivity (Wildman–Crippen MR) is 210 cm³/mol.